The molecular weight excluding hydrogens is 688 g/mol. The van der Waals surface area contributed by atoms with Crippen molar-refractivity contribution < 1.29 is 63.3 Å². The van der Waals surface area contributed by atoms with Crippen LogP contribution in [0.3, 0.4) is 0 Å². The van der Waals surface area contributed by atoms with Crippen molar-refractivity contribution in [1.29, 1.82) is 0 Å². The maximum Gasteiger partial charge on any atom is 0.356 e. The Morgan fingerprint density at radius 3 is 2.16 bits per heavy atom. The number of nitrogens with zero attached hydrogens (tertiary/aromatic N) is 1. The molecule has 0 bridgehead atoms. The number of aliphatic carboxylic acids is 1. The number of hydrogen-bond donors (Lipinski definition) is 7. The van der Waals surface area contributed by atoms with Gasteiger partial charge in [0.05, 0.1) is 23.4 Å². The van der Waals surface area contributed by atoms with Crippen LogP contribution < -0.4 is 14.9 Å². The molecule has 51 heavy (non-hydrogen) atoms. The third kappa shape index (κ3) is 7.45. The Kier molecular flexibility index (Phi) is 10.4. The first kappa shape index (κ1) is 36.3. The number of ether oxygens (including phenoxy) is 2. The molecule has 4 aromatic rings. The minimum Gasteiger partial charge on any atom is -0.479 e. The number of amides is 1. The summed E-state index contributed by atoms with van der Waals surface area (Å²) in [6.45, 7) is 0. The van der Waals surface area contributed by atoms with Crippen LogP contribution in [0.25, 0.3) is 11.1 Å². The zero-order valence-electron chi connectivity index (χ0n) is 26.7. The van der Waals surface area contributed by atoms with Gasteiger partial charge in [0.2, 0.25) is 12.2 Å². The number of β-lactam (4-membered cyclic amide) rings is 1. The number of carbonyl (C=O) groups is 2. The van der Waals surface area contributed by atoms with Crippen molar-refractivity contribution in [2.24, 2.45) is 5.92 Å². The molecule has 2 aliphatic heterocycles. The van der Waals surface area contributed by atoms with E-state index >= 15 is 0 Å². The quantitative estimate of drug-likeness (QED) is 0.0879. The van der Waals surface area contributed by atoms with E-state index in [4.69, 9.17) is 9.47 Å². The first-order chi connectivity index (χ1) is 24.2. The minimum absolute atomic E-state index is 0.00542. The van der Waals surface area contributed by atoms with Crippen LogP contribution in [-0.2, 0) is 18.9 Å². The van der Waals surface area contributed by atoms with Crippen LogP contribution in [0.1, 0.15) is 36.1 Å². The normalized spacial score (nSPS) is 25.6. The SMILES string of the molecule is O=C(O)C1O[C@@H](Oc2cc(-c3ccc(P(=O)(O)O)cc3)ccc2[C@@H]2[C@@H](CC[C@H](O)c3ccc(F)cc3)C(=O)N2c2ccccc2)C(O)[C@@H](O)[C@H]1O. The lowest BCUT2D eigenvalue weighted by Crippen LogP contribution is -2.61. The van der Waals surface area contributed by atoms with Gasteiger partial charge in [-0.25, -0.2) is 9.18 Å². The van der Waals surface area contributed by atoms with E-state index in [1.165, 1.54) is 59.5 Å². The van der Waals surface area contributed by atoms with Crippen molar-refractivity contribution in [2.75, 3.05) is 4.90 Å². The number of carbonyl (C=O) groups excluding carboxylic acids is 1. The highest BCUT2D eigenvalue weighted by molar-refractivity contribution is 7.60. The van der Waals surface area contributed by atoms with Crippen molar-refractivity contribution >= 4 is 30.5 Å². The van der Waals surface area contributed by atoms with E-state index in [9.17, 15) is 53.9 Å². The van der Waals surface area contributed by atoms with Gasteiger partial charge in [-0.2, -0.15) is 0 Å². The van der Waals surface area contributed by atoms with Crippen molar-refractivity contribution in [1.82, 2.24) is 0 Å². The van der Waals surface area contributed by atoms with E-state index < -0.39 is 68.2 Å². The molecule has 15 heteroatoms. The number of para-hydroxylation sites is 1. The summed E-state index contributed by atoms with van der Waals surface area (Å²) in [6.07, 6.45) is -10.3. The van der Waals surface area contributed by atoms with Gasteiger partial charge in [-0.3, -0.25) is 9.36 Å². The van der Waals surface area contributed by atoms with Crippen LogP contribution in [-0.4, -0.2) is 77.9 Å². The summed E-state index contributed by atoms with van der Waals surface area (Å²) < 4.78 is 36.8. The maximum atomic E-state index is 13.8. The van der Waals surface area contributed by atoms with Gasteiger partial charge in [-0.05, 0) is 72.0 Å². The van der Waals surface area contributed by atoms with Gasteiger partial charge in [0.25, 0.3) is 0 Å². The van der Waals surface area contributed by atoms with Crippen molar-refractivity contribution in [2.45, 2.75) is 55.7 Å². The van der Waals surface area contributed by atoms with Crippen LogP contribution in [0.15, 0.2) is 97.1 Å². The van der Waals surface area contributed by atoms with Crippen LogP contribution in [0.5, 0.6) is 5.75 Å². The second-order valence-electron chi connectivity index (χ2n) is 12.4. The Balaban J connectivity index is 1.40. The fraction of sp³-hybridized carbons (Fsp3) is 0.278. The number of hydrogen-bond acceptors (Lipinski definition) is 9. The maximum absolute atomic E-state index is 13.8. The van der Waals surface area contributed by atoms with E-state index in [0.717, 1.165) is 0 Å². The fourth-order valence-electron chi connectivity index (χ4n) is 6.43. The van der Waals surface area contributed by atoms with E-state index in [2.05, 4.69) is 0 Å². The number of benzene rings is 4. The van der Waals surface area contributed by atoms with Gasteiger partial charge < -0.3 is 49.7 Å². The Labute approximate surface area is 290 Å². The molecule has 2 aliphatic rings. The molecule has 2 unspecified atom stereocenters. The number of aliphatic hydroxyl groups excluding tert-OH is 4. The fourth-order valence-corrected chi connectivity index (χ4v) is 6.97. The van der Waals surface area contributed by atoms with Gasteiger partial charge >= 0.3 is 13.6 Å². The average Bonchev–Trinajstić information content (AvgIpc) is 3.11. The largest absolute Gasteiger partial charge is 0.479 e. The molecule has 2 fully saturated rings. The Bertz CT molecular complexity index is 1920. The number of carboxylic acid groups (broad SMARTS) is 1. The smallest absolute Gasteiger partial charge is 0.356 e. The van der Waals surface area contributed by atoms with E-state index in [-0.39, 0.29) is 29.8 Å². The summed E-state index contributed by atoms with van der Waals surface area (Å²) in [4.78, 5) is 46.3. The first-order valence-electron chi connectivity index (χ1n) is 16.0. The van der Waals surface area contributed by atoms with Crippen LogP contribution in [0.4, 0.5) is 10.1 Å². The van der Waals surface area contributed by atoms with Crippen LogP contribution in [0.2, 0.25) is 0 Å². The van der Waals surface area contributed by atoms with Gasteiger partial charge in [0.15, 0.2) is 6.10 Å². The lowest BCUT2D eigenvalue weighted by Gasteiger charge is -2.48. The number of halogens is 1. The third-order valence-electron chi connectivity index (χ3n) is 9.18. The molecule has 0 saturated carbocycles. The molecule has 7 N–H and O–H groups in total. The van der Waals surface area contributed by atoms with Crippen molar-refractivity contribution in [3.8, 4) is 16.9 Å². The Hall–Kier alpha value is -4.50. The topological polar surface area (TPSA) is 215 Å². The van der Waals surface area contributed by atoms with Gasteiger partial charge in [-0.1, -0.05) is 54.6 Å². The molecule has 268 valence electrons. The van der Waals surface area contributed by atoms with Crippen molar-refractivity contribution in [3.63, 3.8) is 0 Å². The summed E-state index contributed by atoms with van der Waals surface area (Å²) in [5.41, 5.74) is 2.36. The second-order valence-corrected chi connectivity index (χ2v) is 14.0. The predicted octanol–water partition coefficient (Wildman–Crippen LogP) is 2.78. The molecule has 0 aromatic heterocycles. The molecule has 1 amide bonds. The predicted molar refractivity (Wildman–Crippen MR) is 179 cm³/mol. The lowest BCUT2D eigenvalue weighted by atomic mass is 9.77. The van der Waals surface area contributed by atoms with Gasteiger partial charge in [0, 0.05) is 11.3 Å². The minimum atomic E-state index is -4.53. The van der Waals surface area contributed by atoms with E-state index in [0.29, 0.717) is 27.9 Å². The third-order valence-corrected chi connectivity index (χ3v) is 10.2. The van der Waals surface area contributed by atoms with Crippen LogP contribution in [0, 0.1) is 11.7 Å². The number of carboxylic acids is 1. The highest BCUT2D eigenvalue weighted by Gasteiger charge is 2.51. The highest BCUT2D eigenvalue weighted by atomic mass is 31.2. The van der Waals surface area contributed by atoms with E-state index in [1.54, 1.807) is 42.5 Å². The summed E-state index contributed by atoms with van der Waals surface area (Å²) in [5.74, 6) is -3.05. The summed E-state index contributed by atoms with van der Waals surface area (Å²) in [6, 6.07) is 23.7. The second kappa shape index (κ2) is 14.6. The van der Waals surface area contributed by atoms with Gasteiger partial charge in [-0.15, -0.1) is 0 Å². The molecule has 8 atom stereocenters. The Morgan fingerprint density at radius 1 is 0.882 bits per heavy atom. The monoisotopic (exact) mass is 723 g/mol. The number of anilines is 1. The zero-order chi connectivity index (χ0) is 36.6. The number of rotatable bonds is 11. The Morgan fingerprint density at radius 2 is 1.53 bits per heavy atom. The van der Waals surface area contributed by atoms with Gasteiger partial charge in [0.1, 0.15) is 29.9 Å². The van der Waals surface area contributed by atoms with Crippen molar-refractivity contribution in [3.05, 3.63) is 114 Å². The molecule has 13 nitrogen and oxygen atoms in total. The zero-order valence-corrected chi connectivity index (χ0v) is 27.6. The molecule has 2 heterocycles. The molecule has 4 aromatic carbocycles. The summed E-state index contributed by atoms with van der Waals surface area (Å²) in [5, 5.41) is 51.8. The van der Waals surface area contributed by atoms with Crippen LogP contribution >= 0.6 is 7.60 Å². The standard InChI is InChI=1S/C36H35FNO12P/c37-22-11-6-20(7-12-22)27(39)17-16-26-29(38(34(26)43)23-4-2-1-3-5-23)25-15-10-21(19-8-13-24(14-9-19)51(46,47)48)18-28(25)49-36-32(42)30(40)31(41)33(50-36)35(44)45/h1-15,18,26-27,29-33,36,39-42H,16-17H2,(H,44,45)(H2,46,47,48)/t26-,27+,29-,30+,31-,32?,33?,36-/m1/s1. The molecule has 0 aliphatic carbocycles. The summed E-state index contributed by atoms with van der Waals surface area (Å²) >= 11 is 0. The average molecular weight is 724 g/mol. The molecule has 2 saturated heterocycles. The molecular formula is C36H35FNO12P. The lowest BCUT2D eigenvalue weighted by molar-refractivity contribution is -0.271. The highest BCUT2D eigenvalue weighted by Crippen LogP contribution is 2.50. The molecule has 0 radical (unpaired) electrons. The molecule has 0 spiro atoms. The summed E-state index contributed by atoms with van der Waals surface area (Å²) in [7, 11) is -4.53. The van der Waals surface area contributed by atoms with E-state index in [1.807, 2.05) is 0 Å². The molecule has 6 rings (SSSR count). The first-order valence-corrected chi connectivity index (χ1v) is 17.6. The number of aliphatic hydroxyl groups is 4.